The van der Waals surface area contributed by atoms with E-state index in [0.717, 1.165) is 22.8 Å². The van der Waals surface area contributed by atoms with Gasteiger partial charge in [0.05, 0.1) is 19.9 Å². The van der Waals surface area contributed by atoms with E-state index in [0.29, 0.717) is 0 Å². The van der Waals surface area contributed by atoms with Crippen LogP contribution in [0.3, 0.4) is 0 Å². The van der Waals surface area contributed by atoms with Crippen LogP contribution in [0.2, 0.25) is 0 Å². The molecule has 0 aliphatic heterocycles. The molecule has 3 nitrogen and oxygen atoms in total. The number of nitrogens with one attached hydrogen (secondary N) is 1. The Balaban J connectivity index is 2.37. The number of ether oxygens (including phenoxy) is 2. The zero-order valence-corrected chi connectivity index (χ0v) is 8.78. The minimum absolute atomic E-state index is 0.847. The Kier molecular flexibility index (Phi) is 2.63. The van der Waals surface area contributed by atoms with Gasteiger partial charge in [-0.2, -0.15) is 0 Å². The quantitative estimate of drug-likeness (QED) is 0.832. The maximum Gasteiger partial charge on any atom is 0.144 e. The summed E-state index contributed by atoms with van der Waals surface area (Å²) in [7, 11) is 3.32. The third kappa shape index (κ3) is 1.81. The maximum atomic E-state index is 5.23. The molecule has 2 rings (SSSR count). The van der Waals surface area contributed by atoms with Crippen molar-refractivity contribution >= 4 is 0 Å². The fourth-order valence-electron chi connectivity index (χ4n) is 1.51. The highest BCUT2D eigenvalue weighted by Gasteiger charge is 2.05. The lowest BCUT2D eigenvalue weighted by Gasteiger charge is -2.04. The van der Waals surface area contributed by atoms with Crippen LogP contribution in [0.5, 0.6) is 11.5 Å². The molecule has 0 aliphatic rings. The fraction of sp³-hybridized carbons (Fsp3) is 0.167. The van der Waals surface area contributed by atoms with Gasteiger partial charge in [-0.25, -0.2) is 0 Å². The van der Waals surface area contributed by atoms with E-state index in [9.17, 15) is 0 Å². The van der Waals surface area contributed by atoms with Crippen LogP contribution in [-0.4, -0.2) is 19.2 Å². The molecule has 0 bridgehead atoms. The summed E-state index contributed by atoms with van der Waals surface area (Å²) in [5, 5.41) is 0. The molecule has 0 spiro atoms. The third-order valence-electron chi connectivity index (χ3n) is 2.31. The average Bonchev–Trinajstić information content (AvgIpc) is 2.77. The molecule has 1 heterocycles. The number of aromatic amines is 1. The number of hydrogen-bond donors (Lipinski definition) is 1. The first kappa shape index (κ1) is 9.65. The smallest absolute Gasteiger partial charge is 0.144 e. The molecule has 1 aromatic carbocycles. The molecule has 0 aliphatic carbocycles. The van der Waals surface area contributed by atoms with Gasteiger partial charge in [0.15, 0.2) is 0 Å². The molecule has 0 radical (unpaired) electrons. The first-order chi connectivity index (χ1) is 7.35. The van der Waals surface area contributed by atoms with E-state index in [-0.39, 0.29) is 0 Å². The first-order valence-corrected chi connectivity index (χ1v) is 4.71. The highest BCUT2D eigenvalue weighted by atomic mass is 16.5. The molecular weight excluding hydrogens is 190 g/mol. The van der Waals surface area contributed by atoms with Gasteiger partial charge in [0.25, 0.3) is 0 Å². The van der Waals surface area contributed by atoms with Gasteiger partial charge in [-0.1, -0.05) is 0 Å². The minimum atomic E-state index is 0.847. The van der Waals surface area contributed by atoms with Gasteiger partial charge in [-0.3, -0.25) is 0 Å². The molecule has 0 atom stereocenters. The van der Waals surface area contributed by atoms with E-state index in [1.165, 1.54) is 0 Å². The number of hydrogen-bond acceptors (Lipinski definition) is 2. The number of aromatic nitrogens is 1. The predicted molar refractivity (Wildman–Crippen MR) is 59.3 cm³/mol. The largest absolute Gasteiger partial charge is 0.497 e. The summed E-state index contributed by atoms with van der Waals surface area (Å²) in [6, 6.07) is 9.74. The number of benzene rings is 1. The standard InChI is InChI=1S/C12H13NO2/c1-14-10-5-3-9(4-6-10)12-11(15-2)7-8-13-12/h3-8,13H,1-2H3. The monoisotopic (exact) mass is 203 g/mol. The average molecular weight is 203 g/mol. The van der Waals surface area contributed by atoms with E-state index in [2.05, 4.69) is 4.98 Å². The Morgan fingerprint density at radius 3 is 2.27 bits per heavy atom. The topological polar surface area (TPSA) is 34.2 Å². The highest BCUT2D eigenvalue weighted by molar-refractivity contribution is 5.67. The minimum Gasteiger partial charge on any atom is -0.497 e. The molecule has 1 N–H and O–H groups in total. The van der Waals surface area contributed by atoms with Crippen LogP contribution in [0.1, 0.15) is 0 Å². The second kappa shape index (κ2) is 4.09. The lowest BCUT2D eigenvalue weighted by Crippen LogP contribution is -1.86. The Morgan fingerprint density at radius 1 is 0.933 bits per heavy atom. The molecule has 0 fully saturated rings. The van der Waals surface area contributed by atoms with E-state index >= 15 is 0 Å². The van der Waals surface area contributed by atoms with Gasteiger partial charge in [0, 0.05) is 11.8 Å². The van der Waals surface area contributed by atoms with Crippen molar-refractivity contribution in [3.05, 3.63) is 36.5 Å². The van der Waals surface area contributed by atoms with E-state index in [4.69, 9.17) is 9.47 Å². The molecule has 0 unspecified atom stereocenters. The van der Waals surface area contributed by atoms with Gasteiger partial charge in [0.2, 0.25) is 0 Å². The molecule has 78 valence electrons. The van der Waals surface area contributed by atoms with Crippen molar-refractivity contribution in [3.63, 3.8) is 0 Å². The zero-order valence-electron chi connectivity index (χ0n) is 8.78. The number of H-pyrrole nitrogens is 1. The number of rotatable bonds is 3. The van der Waals surface area contributed by atoms with Gasteiger partial charge >= 0.3 is 0 Å². The van der Waals surface area contributed by atoms with Crippen LogP contribution >= 0.6 is 0 Å². The summed E-state index contributed by atoms with van der Waals surface area (Å²) in [5.74, 6) is 1.70. The van der Waals surface area contributed by atoms with Crippen molar-refractivity contribution < 1.29 is 9.47 Å². The van der Waals surface area contributed by atoms with Gasteiger partial charge in [-0.05, 0) is 30.3 Å². The van der Waals surface area contributed by atoms with Crippen LogP contribution in [0.25, 0.3) is 11.3 Å². The summed E-state index contributed by atoms with van der Waals surface area (Å²) >= 11 is 0. The van der Waals surface area contributed by atoms with Crippen molar-refractivity contribution in [1.82, 2.24) is 4.98 Å². The van der Waals surface area contributed by atoms with Crippen LogP contribution in [0, 0.1) is 0 Å². The molecular formula is C12H13NO2. The molecule has 2 aromatic rings. The maximum absolute atomic E-state index is 5.23. The third-order valence-corrected chi connectivity index (χ3v) is 2.31. The first-order valence-electron chi connectivity index (χ1n) is 4.71. The van der Waals surface area contributed by atoms with Crippen molar-refractivity contribution in [3.8, 4) is 22.8 Å². The molecule has 15 heavy (non-hydrogen) atoms. The van der Waals surface area contributed by atoms with Crippen molar-refractivity contribution in [2.75, 3.05) is 14.2 Å². The summed E-state index contributed by atoms with van der Waals surface area (Å²) in [4.78, 5) is 3.14. The van der Waals surface area contributed by atoms with Gasteiger partial charge in [-0.15, -0.1) is 0 Å². The fourth-order valence-corrected chi connectivity index (χ4v) is 1.51. The van der Waals surface area contributed by atoms with Crippen LogP contribution in [-0.2, 0) is 0 Å². The second-order valence-corrected chi connectivity index (χ2v) is 3.15. The molecule has 0 saturated heterocycles. The van der Waals surface area contributed by atoms with Crippen molar-refractivity contribution in [2.45, 2.75) is 0 Å². The van der Waals surface area contributed by atoms with Crippen molar-refractivity contribution in [2.24, 2.45) is 0 Å². The highest BCUT2D eigenvalue weighted by Crippen LogP contribution is 2.29. The normalized spacial score (nSPS) is 10.0. The van der Waals surface area contributed by atoms with Crippen LogP contribution in [0.4, 0.5) is 0 Å². The van der Waals surface area contributed by atoms with E-state index < -0.39 is 0 Å². The Bertz CT molecular complexity index is 431. The SMILES string of the molecule is COc1ccc(-c2[nH]ccc2OC)cc1. The number of methoxy groups -OCH3 is 2. The lowest BCUT2D eigenvalue weighted by atomic mass is 10.1. The molecule has 0 saturated carbocycles. The molecule has 3 heteroatoms. The van der Waals surface area contributed by atoms with E-state index in [1.54, 1.807) is 14.2 Å². The second-order valence-electron chi connectivity index (χ2n) is 3.15. The molecule has 0 amide bonds. The van der Waals surface area contributed by atoms with Gasteiger partial charge in [0.1, 0.15) is 11.5 Å². The predicted octanol–water partition coefficient (Wildman–Crippen LogP) is 2.70. The van der Waals surface area contributed by atoms with Crippen molar-refractivity contribution in [1.29, 1.82) is 0 Å². The summed E-state index contributed by atoms with van der Waals surface area (Å²) in [6.45, 7) is 0. The van der Waals surface area contributed by atoms with E-state index in [1.807, 2.05) is 36.5 Å². The lowest BCUT2D eigenvalue weighted by molar-refractivity contribution is 0.414. The van der Waals surface area contributed by atoms with Crippen LogP contribution in [0.15, 0.2) is 36.5 Å². The Hall–Kier alpha value is -1.90. The summed E-state index contributed by atoms with van der Waals surface area (Å²) in [6.07, 6.45) is 1.86. The summed E-state index contributed by atoms with van der Waals surface area (Å²) < 4.78 is 10.3. The summed E-state index contributed by atoms with van der Waals surface area (Å²) in [5.41, 5.74) is 2.07. The zero-order chi connectivity index (χ0) is 10.7. The van der Waals surface area contributed by atoms with Gasteiger partial charge < -0.3 is 14.5 Å². The van der Waals surface area contributed by atoms with Crippen LogP contribution < -0.4 is 9.47 Å². The Morgan fingerprint density at radius 2 is 1.67 bits per heavy atom. The molecule has 1 aromatic heterocycles. The Labute approximate surface area is 88.7 Å².